The van der Waals surface area contributed by atoms with Crippen LogP contribution in [0.5, 0.6) is 0 Å². The Morgan fingerprint density at radius 1 is 1.11 bits per heavy atom. The third kappa shape index (κ3) is 4.56. The molecule has 2 fully saturated rings. The molecule has 28 heavy (non-hydrogen) atoms. The molecule has 1 unspecified atom stereocenters. The maximum absolute atomic E-state index is 13.3. The summed E-state index contributed by atoms with van der Waals surface area (Å²) in [6, 6.07) is 6.91. The summed E-state index contributed by atoms with van der Waals surface area (Å²) in [7, 11) is -3.67. The van der Waals surface area contributed by atoms with Gasteiger partial charge in [0.15, 0.2) is 0 Å². The fraction of sp³-hybridized carbons (Fsp3) is 0.650. The van der Waals surface area contributed by atoms with E-state index in [-0.39, 0.29) is 16.7 Å². The molecular weight excluding hydrogens is 378 g/mol. The fourth-order valence-corrected chi connectivity index (χ4v) is 5.69. The molecule has 0 radical (unpaired) electrons. The number of hydrogen-bond acceptors (Lipinski definition) is 5. The molecule has 1 atom stereocenters. The highest BCUT2D eigenvalue weighted by atomic mass is 32.2. The van der Waals surface area contributed by atoms with Crippen molar-refractivity contribution in [3.63, 3.8) is 0 Å². The van der Waals surface area contributed by atoms with E-state index in [4.69, 9.17) is 4.74 Å². The van der Waals surface area contributed by atoms with Crippen molar-refractivity contribution in [3.8, 4) is 0 Å². The van der Waals surface area contributed by atoms with Gasteiger partial charge in [-0.1, -0.05) is 31.5 Å². The van der Waals surface area contributed by atoms with Gasteiger partial charge in [-0.05, 0) is 31.4 Å². The number of aryl methyl sites for hydroxylation is 1. The molecule has 2 heterocycles. The van der Waals surface area contributed by atoms with E-state index < -0.39 is 16.2 Å². The van der Waals surface area contributed by atoms with Gasteiger partial charge in [0.1, 0.15) is 6.17 Å². The molecule has 2 aliphatic heterocycles. The quantitative estimate of drug-likeness (QED) is 0.738. The van der Waals surface area contributed by atoms with Crippen LogP contribution in [0.4, 0.5) is 0 Å². The van der Waals surface area contributed by atoms with Gasteiger partial charge < -0.3 is 9.64 Å². The summed E-state index contributed by atoms with van der Waals surface area (Å²) in [5, 5.41) is 0. The number of carbonyl (C=O) groups is 1. The van der Waals surface area contributed by atoms with E-state index in [9.17, 15) is 13.2 Å². The van der Waals surface area contributed by atoms with Crippen molar-refractivity contribution in [2.45, 2.75) is 38.3 Å². The minimum absolute atomic E-state index is 0.00541. The van der Waals surface area contributed by atoms with Gasteiger partial charge in [-0.15, -0.1) is 0 Å². The van der Waals surface area contributed by atoms with Gasteiger partial charge in [0.2, 0.25) is 15.9 Å². The van der Waals surface area contributed by atoms with Gasteiger partial charge in [0.25, 0.3) is 0 Å². The van der Waals surface area contributed by atoms with E-state index >= 15 is 0 Å². The van der Waals surface area contributed by atoms with Gasteiger partial charge in [-0.2, -0.15) is 4.31 Å². The summed E-state index contributed by atoms with van der Waals surface area (Å²) in [6.07, 6.45) is 0.178. The van der Waals surface area contributed by atoms with Gasteiger partial charge in [0.05, 0.1) is 24.7 Å². The summed E-state index contributed by atoms with van der Waals surface area (Å²) in [5.74, 6) is -0.0152. The van der Waals surface area contributed by atoms with Crippen LogP contribution < -0.4 is 0 Å². The maximum Gasteiger partial charge on any atom is 0.244 e. The van der Waals surface area contributed by atoms with Crippen LogP contribution in [-0.4, -0.2) is 80.5 Å². The lowest BCUT2D eigenvalue weighted by molar-refractivity contribution is -0.142. The van der Waals surface area contributed by atoms with E-state index in [0.29, 0.717) is 39.3 Å². The lowest BCUT2D eigenvalue weighted by Crippen LogP contribution is -2.61. The largest absolute Gasteiger partial charge is 0.379 e. The number of sulfonamides is 1. The molecule has 0 spiro atoms. The van der Waals surface area contributed by atoms with Crippen LogP contribution in [0.2, 0.25) is 0 Å². The summed E-state index contributed by atoms with van der Waals surface area (Å²) in [6.45, 7) is 9.95. The Balaban J connectivity index is 1.83. The number of ether oxygens (including phenoxy) is 1. The molecule has 1 aromatic rings. The normalized spacial score (nSPS) is 22.6. The Morgan fingerprint density at radius 2 is 1.75 bits per heavy atom. The van der Waals surface area contributed by atoms with Crippen molar-refractivity contribution < 1.29 is 17.9 Å². The van der Waals surface area contributed by atoms with Crippen LogP contribution in [0.3, 0.4) is 0 Å². The number of hydrogen-bond donors (Lipinski definition) is 0. The Bertz CT molecular complexity index is 773. The molecule has 2 saturated heterocycles. The molecule has 0 aromatic heterocycles. The van der Waals surface area contributed by atoms with Gasteiger partial charge in [0, 0.05) is 26.2 Å². The topological polar surface area (TPSA) is 70.2 Å². The first-order valence-electron chi connectivity index (χ1n) is 9.99. The Hall–Kier alpha value is -1.48. The molecule has 3 rings (SSSR count). The van der Waals surface area contributed by atoms with Gasteiger partial charge in [-0.25, -0.2) is 8.42 Å². The molecule has 0 saturated carbocycles. The molecule has 8 heteroatoms. The summed E-state index contributed by atoms with van der Waals surface area (Å²) < 4.78 is 33.5. The van der Waals surface area contributed by atoms with E-state index in [1.165, 1.54) is 4.31 Å². The minimum Gasteiger partial charge on any atom is -0.379 e. The van der Waals surface area contributed by atoms with Crippen molar-refractivity contribution >= 4 is 15.9 Å². The molecule has 0 aliphatic carbocycles. The smallest absolute Gasteiger partial charge is 0.244 e. The van der Waals surface area contributed by atoms with Crippen LogP contribution in [0.1, 0.15) is 25.8 Å². The number of carbonyl (C=O) groups excluding carboxylic acids is 1. The number of rotatable bonds is 5. The van der Waals surface area contributed by atoms with E-state index in [2.05, 4.69) is 4.90 Å². The first-order chi connectivity index (χ1) is 13.3. The van der Waals surface area contributed by atoms with E-state index in [1.54, 1.807) is 17.0 Å². The Labute approximate surface area is 168 Å². The second-order valence-corrected chi connectivity index (χ2v) is 9.81. The zero-order valence-electron chi connectivity index (χ0n) is 17.0. The van der Waals surface area contributed by atoms with E-state index in [1.807, 2.05) is 32.9 Å². The molecule has 156 valence electrons. The summed E-state index contributed by atoms with van der Waals surface area (Å²) in [4.78, 5) is 17.2. The maximum atomic E-state index is 13.3. The average molecular weight is 410 g/mol. The lowest BCUT2D eigenvalue weighted by Gasteiger charge is -2.45. The third-order valence-corrected chi connectivity index (χ3v) is 7.28. The number of morpholine rings is 1. The van der Waals surface area contributed by atoms with Gasteiger partial charge >= 0.3 is 0 Å². The van der Waals surface area contributed by atoms with Crippen LogP contribution in [0, 0.1) is 12.8 Å². The standard InChI is InChI=1S/C20H31N3O4S/c1-16(2)20-22(19(24)15-21-11-13-27-14-12-21)9-4-10-23(20)28(25,26)18-7-5-17(3)6-8-18/h5-8,16,20H,4,9-15H2,1-3H3. The molecule has 2 aliphatic rings. The molecular formula is C20H31N3O4S. The van der Waals surface area contributed by atoms with E-state index in [0.717, 1.165) is 18.7 Å². The molecule has 0 N–H and O–H groups in total. The number of amides is 1. The lowest BCUT2D eigenvalue weighted by atomic mass is 10.1. The Kier molecular flexibility index (Phi) is 6.75. The fourth-order valence-electron chi connectivity index (χ4n) is 3.93. The second-order valence-electron chi connectivity index (χ2n) is 7.92. The molecule has 7 nitrogen and oxygen atoms in total. The van der Waals surface area contributed by atoms with Crippen LogP contribution in [0.25, 0.3) is 0 Å². The van der Waals surface area contributed by atoms with Crippen LogP contribution >= 0.6 is 0 Å². The highest BCUT2D eigenvalue weighted by molar-refractivity contribution is 7.89. The minimum atomic E-state index is -3.67. The highest BCUT2D eigenvalue weighted by Crippen LogP contribution is 2.28. The first kappa shape index (κ1) is 21.2. The van der Waals surface area contributed by atoms with Crippen molar-refractivity contribution in [2.75, 3.05) is 45.9 Å². The number of nitrogens with zero attached hydrogens (tertiary/aromatic N) is 3. The predicted molar refractivity (Wildman–Crippen MR) is 107 cm³/mol. The predicted octanol–water partition coefficient (Wildman–Crippen LogP) is 1.53. The average Bonchev–Trinajstić information content (AvgIpc) is 2.68. The van der Waals surface area contributed by atoms with Gasteiger partial charge in [-0.3, -0.25) is 9.69 Å². The summed E-state index contributed by atoms with van der Waals surface area (Å²) >= 11 is 0. The number of benzene rings is 1. The zero-order valence-corrected chi connectivity index (χ0v) is 17.8. The van der Waals surface area contributed by atoms with Crippen molar-refractivity contribution in [1.82, 2.24) is 14.1 Å². The third-order valence-electron chi connectivity index (χ3n) is 5.40. The summed E-state index contributed by atoms with van der Waals surface area (Å²) in [5.41, 5.74) is 1.01. The monoisotopic (exact) mass is 409 g/mol. The molecule has 0 bridgehead atoms. The van der Waals surface area contributed by atoms with Crippen LogP contribution in [-0.2, 0) is 19.6 Å². The van der Waals surface area contributed by atoms with Crippen LogP contribution in [0.15, 0.2) is 29.2 Å². The van der Waals surface area contributed by atoms with Crippen molar-refractivity contribution in [2.24, 2.45) is 5.92 Å². The molecule has 1 aromatic carbocycles. The SMILES string of the molecule is Cc1ccc(S(=O)(=O)N2CCCN(C(=O)CN3CCOCC3)C2C(C)C)cc1. The zero-order chi connectivity index (χ0) is 20.3. The van der Waals surface area contributed by atoms with Crippen molar-refractivity contribution in [1.29, 1.82) is 0 Å². The highest BCUT2D eigenvalue weighted by Gasteiger charge is 2.41. The second kappa shape index (κ2) is 8.90. The molecule has 1 amide bonds. The first-order valence-corrected chi connectivity index (χ1v) is 11.4. The van der Waals surface area contributed by atoms with Crippen molar-refractivity contribution in [3.05, 3.63) is 29.8 Å². The Morgan fingerprint density at radius 3 is 2.36 bits per heavy atom.